The number of carbonyl (C=O) groups is 1. The third-order valence-electron chi connectivity index (χ3n) is 4.20. The molecule has 2 aliphatic rings. The first-order valence-corrected chi connectivity index (χ1v) is 7.69. The molecule has 0 bridgehead atoms. The summed E-state index contributed by atoms with van der Waals surface area (Å²) in [6.07, 6.45) is 14.0. The molecule has 5 nitrogen and oxygen atoms in total. The van der Waals surface area contributed by atoms with E-state index in [2.05, 4.69) is 22.1 Å². The van der Waals surface area contributed by atoms with Crippen LogP contribution in [-0.4, -0.2) is 40.0 Å². The highest BCUT2D eigenvalue weighted by Gasteiger charge is 2.28. The molecule has 5 heteroatoms. The monoisotopic (exact) mass is 287 g/mol. The first kappa shape index (κ1) is 14.0. The standard InChI is InChI=1S/C16H21N3O2/c20-16(13-4-2-1-3-5-13)19-10-6-14(7-11-19)21-15-12-17-8-9-18-15/h1-2,8-9,12-14H,3-7,10-11H2/t13-/m0/s1. The van der Waals surface area contributed by atoms with Gasteiger partial charge < -0.3 is 9.64 Å². The number of aromatic nitrogens is 2. The number of likely N-dealkylation sites (tertiary alicyclic amines) is 1. The normalized spacial score (nSPS) is 23.0. The summed E-state index contributed by atoms with van der Waals surface area (Å²) >= 11 is 0. The van der Waals surface area contributed by atoms with Gasteiger partial charge in [-0.25, -0.2) is 4.98 Å². The molecule has 0 spiro atoms. The van der Waals surface area contributed by atoms with Crippen LogP contribution in [0.5, 0.6) is 5.88 Å². The van der Waals surface area contributed by atoms with Gasteiger partial charge in [-0.1, -0.05) is 12.2 Å². The maximum absolute atomic E-state index is 12.4. The minimum Gasteiger partial charge on any atom is -0.473 e. The van der Waals surface area contributed by atoms with Crippen molar-refractivity contribution in [3.05, 3.63) is 30.7 Å². The minimum atomic E-state index is 0.136. The number of piperidine rings is 1. The highest BCUT2D eigenvalue weighted by atomic mass is 16.5. The molecule has 1 fully saturated rings. The van der Waals surface area contributed by atoms with Gasteiger partial charge in [0.15, 0.2) is 0 Å². The van der Waals surface area contributed by atoms with Crippen molar-refractivity contribution in [2.45, 2.75) is 38.2 Å². The molecule has 1 amide bonds. The van der Waals surface area contributed by atoms with Crippen molar-refractivity contribution in [1.29, 1.82) is 0 Å². The Kier molecular flexibility index (Phi) is 4.48. The Morgan fingerprint density at radius 1 is 1.19 bits per heavy atom. The molecule has 0 radical (unpaired) electrons. The molecule has 1 aliphatic heterocycles. The first-order chi connectivity index (χ1) is 10.3. The highest BCUT2D eigenvalue weighted by molar-refractivity contribution is 5.79. The van der Waals surface area contributed by atoms with Gasteiger partial charge >= 0.3 is 0 Å². The Bertz CT molecular complexity index is 496. The van der Waals surface area contributed by atoms with Gasteiger partial charge in [0.1, 0.15) is 6.10 Å². The molecule has 3 rings (SSSR count). The zero-order valence-corrected chi connectivity index (χ0v) is 12.1. The average Bonchev–Trinajstić information content (AvgIpc) is 2.57. The van der Waals surface area contributed by atoms with E-state index in [0.717, 1.165) is 45.2 Å². The van der Waals surface area contributed by atoms with E-state index in [9.17, 15) is 4.79 Å². The Morgan fingerprint density at radius 3 is 2.71 bits per heavy atom. The Balaban J connectivity index is 1.48. The van der Waals surface area contributed by atoms with Gasteiger partial charge in [0, 0.05) is 44.2 Å². The fourth-order valence-corrected chi connectivity index (χ4v) is 2.99. The number of rotatable bonds is 3. The summed E-state index contributed by atoms with van der Waals surface area (Å²) in [5, 5.41) is 0. The lowest BCUT2D eigenvalue weighted by Gasteiger charge is -2.34. The minimum absolute atomic E-state index is 0.136. The molecule has 0 N–H and O–H groups in total. The quantitative estimate of drug-likeness (QED) is 0.800. The smallest absolute Gasteiger partial charge is 0.232 e. The fraction of sp³-hybridized carbons (Fsp3) is 0.562. The molecule has 0 unspecified atom stereocenters. The predicted octanol–water partition coefficient (Wildman–Crippen LogP) is 2.20. The van der Waals surface area contributed by atoms with Crippen LogP contribution in [0.2, 0.25) is 0 Å². The summed E-state index contributed by atoms with van der Waals surface area (Å²) in [6.45, 7) is 1.56. The van der Waals surface area contributed by atoms with Crippen molar-refractivity contribution < 1.29 is 9.53 Å². The second-order valence-corrected chi connectivity index (χ2v) is 5.67. The van der Waals surface area contributed by atoms with Gasteiger partial charge in [-0.2, -0.15) is 0 Å². The summed E-state index contributed by atoms with van der Waals surface area (Å²) in [4.78, 5) is 22.6. The summed E-state index contributed by atoms with van der Waals surface area (Å²) in [7, 11) is 0. The van der Waals surface area contributed by atoms with Crippen LogP contribution in [0.4, 0.5) is 0 Å². The third kappa shape index (κ3) is 3.60. The molecule has 0 saturated carbocycles. The Labute approximate surface area is 125 Å². The molecule has 1 aliphatic carbocycles. The second-order valence-electron chi connectivity index (χ2n) is 5.67. The largest absolute Gasteiger partial charge is 0.473 e. The number of nitrogens with zero attached hydrogens (tertiary/aromatic N) is 3. The first-order valence-electron chi connectivity index (χ1n) is 7.69. The van der Waals surface area contributed by atoms with Gasteiger partial charge in [-0.3, -0.25) is 9.78 Å². The van der Waals surface area contributed by atoms with E-state index in [1.807, 2.05) is 4.90 Å². The van der Waals surface area contributed by atoms with E-state index in [4.69, 9.17) is 4.74 Å². The number of allylic oxidation sites excluding steroid dienone is 2. The summed E-state index contributed by atoms with van der Waals surface area (Å²) in [6, 6.07) is 0. The molecule has 21 heavy (non-hydrogen) atoms. The van der Waals surface area contributed by atoms with Crippen molar-refractivity contribution in [1.82, 2.24) is 14.9 Å². The molecule has 0 aromatic carbocycles. The highest BCUT2D eigenvalue weighted by Crippen LogP contribution is 2.23. The maximum atomic E-state index is 12.4. The molecule has 112 valence electrons. The molecular weight excluding hydrogens is 266 g/mol. The van der Waals surface area contributed by atoms with Crippen molar-refractivity contribution in [3.63, 3.8) is 0 Å². The van der Waals surface area contributed by atoms with Gasteiger partial charge in [0.25, 0.3) is 0 Å². The molecule has 1 atom stereocenters. The molecular formula is C16H21N3O2. The van der Waals surface area contributed by atoms with E-state index in [1.54, 1.807) is 18.6 Å². The molecule has 2 heterocycles. The lowest BCUT2D eigenvalue weighted by Crippen LogP contribution is -2.44. The van der Waals surface area contributed by atoms with Crippen LogP contribution in [-0.2, 0) is 4.79 Å². The average molecular weight is 287 g/mol. The third-order valence-corrected chi connectivity index (χ3v) is 4.20. The van der Waals surface area contributed by atoms with E-state index >= 15 is 0 Å². The van der Waals surface area contributed by atoms with Crippen molar-refractivity contribution in [2.24, 2.45) is 5.92 Å². The number of hydrogen-bond donors (Lipinski definition) is 0. The zero-order valence-electron chi connectivity index (χ0n) is 12.1. The molecule has 1 aromatic rings. The number of amides is 1. The van der Waals surface area contributed by atoms with Gasteiger partial charge in [0.2, 0.25) is 11.8 Å². The number of ether oxygens (including phenoxy) is 1. The molecule has 1 aromatic heterocycles. The number of carbonyl (C=O) groups excluding carboxylic acids is 1. The van der Waals surface area contributed by atoms with E-state index < -0.39 is 0 Å². The van der Waals surface area contributed by atoms with E-state index in [0.29, 0.717) is 11.8 Å². The van der Waals surface area contributed by atoms with Crippen molar-refractivity contribution in [2.75, 3.05) is 13.1 Å². The lowest BCUT2D eigenvalue weighted by atomic mass is 9.92. The number of hydrogen-bond acceptors (Lipinski definition) is 4. The summed E-state index contributed by atoms with van der Waals surface area (Å²) < 4.78 is 5.81. The van der Waals surface area contributed by atoms with E-state index in [1.165, 1.54) is 0 Å². The van der Waals surface area contributed by atoms with Gasteiger partial charge in [0.05, 0.1) is 6.20 Å². The zero-order chi connectivity index (χ0) is 14.5. The Morgan fingerprint density at radius 2 is 2.05 bits per heavy atom. The Hall–Kier alpha value is -1.91. The lowest BCUT2D eigenvalue weighted by molar-refractivity contribution is -0.137. The van der Waals surface area contributed by atoms with Crippen LogP contribution in [0.1, 0.15) is 32.1 Å². The summed E-state index contributed by atoms with van der Waals surface area (Å²) in [5.74, 6) is 1.07. The van der Waals surface area contributed by atoms with E-state index in [-0.39, 0.29) is 12.0 Å². The van der Waals surface area contributed by atoms with Crippen LogP contribution in [0, 0.1) is 5.92 Å². The van der Waals surface area contributed by atoms with Crippen molar-refractivity contribution in [3.8, 4) is 5.88 Å². The van der Waals surface area contributed by atoms with Crippen LogP contribution in [0.3, 0.4) is 0 Å². The van der Waals surface area contributed by atoms with Crippen LogP contribution in [0.15, 0.2) is 30.7 Å². The van der Waals surface area contributed by atoms with Crippen LogP contribution < -0.4 is 4.74 Å². The topological polar surface area (TPSA) is 55.3 Å². The van der Waals surface area contributed by atoms with Gasteiger partial charge in [-0.15, -0.1) is 0 Å². The van der Waals surface area contributed by atoms with Crippen molar-refractivity contribution >= 4 is 5.91 Å². The summed E-state index contributed by atoms with van der Waals surface area (Å²) in [5.41, 5.74) is 0. The second kappa shape index (κ2) is 6.70. The fourth-order valence-electron chi connectivity index (χ4n) is 2.99. The predicted molar refractivity (Wildman–Crippen MR) is 78.7 cm³/mol. The molecule has 1 saturated heterocycles. The van der Waals surface area contributed by atoms with Crippen LogP contribution >= 0.6 is 0 Å². The van der Waals surface area contributed by atoms with Crippen LogP contribution in [0.25, 0.3) is 0 Å². The van der Waals surface area contributed by atoms with Gasteiger partial charge in [-0.05, 0) is 19.3 Å². The maximum Gasteiger partial charge on any atom is 0.232 e. The SMILES string of the molecule is O=C([C@H]1CC=CCC1)N1CCC(Oc2cnccn2)CC1.